The van der Waals surface area contributed by atoms with E-state index in [1.807, 2.05) is 0 Å². The molecule has 0 fully saturated rings. The Kier molecular flexibility index (Phi) is 4.97. The highest BCUT2D eigenvalue weighted by Gasteiger charge is 2.39. The van der Waals surface area contributed by atoms with Crippen molar-refractivity contribution in [2.24, 2.45) is 4.36 Å². The fraction of sp³-hybridized carbons (Fsp3) is 0.333. The summed E-state index contributed by atoms with van der Waals surface area (Å²) in [6, 6.07) is 2.13. The van der Waals surface area contributed by atoms with E-state index >= 15 is 0 Å². The van der Waals surface area contributed by atoms with Crippen molar-refractivity contribution < 1.29 is 36.9 Å². The first-order valence-electron chi connectivity index (χ1n) is 5.27. The maximum atomic E-state index is 12.1. The van der Waals surface area contributed by atoms with Gasteiger partial charge >= 0.3 is 19.4 Å². The number of carbonyl (C=O) groups is 1. The van der Waals surface area contributed by atoms with E-state index in [1.54, 1.807) is 0 Å². The van der Waals surface area contributed by atoms with E-state index in [2.05, 4.69) is 14.0 Å². The summed E-state index contributed by atoms with van der Waals surface area (Å²) in [6.07, 6.45) is -4.39. The highest BCUT2D eigenvalue weighted by molar-refractivity contribution is 7.93. The van der Waals surface area contributed by atoms with Crippen LogP contribution in [0.4, 0.5) is 13.2 Å². The molecule has 1 atom stereocenters. The van der Waals surface area contributed by atoms with Gasteiger partial charge in [0.05, 0.1) is 15.4 Å². The lowest BCUT2D eigenvalue weighted by Gasteiger charge is -2.10. The summed E-state index contributed by atoms with van der Waals surface area (Å²) in [4.78, 5) is 14.5. The normalized spacial score (nSPS) is 14.2. The molecule has 1 rings (SSSR count). The van der Waals surface area contributed by atoms with Crippen molar-refractivity contribution in [1.29, 1.82) is 0 Å². The number of aromatic nitrogens is 1. The molecule has 0 bridgehead atoms. The minimum atomic E-state index is -5.22. The number of nitrogens with zero attached hydrogens (tertiary/aromatic N) is 2. The van der Waals surface area contributed by atoms with E-state index in [4.69, 9.17) is 10.0 Å². The van der Waals surface area contributed by atoms with Crippen molar-refractivity contribution >= 4 is 23.0 Å². The highest BCUT2D eigenvalue weighted by atomic mass is 32.2. The van der Waals surface area contributed by atoms with Crippen LogP contribution in [0.5, 0.6) is 5.75 Å². The van der Waals surface area contributed by atoms with Crippen LogP contribution in [0.2, 0.25) is 0 Å². The molecule has 0 aliphatic rings. The van der Waals surface area contributed by atoms with Crippen molar-refractivity contribution in [2.45, 2.75) is 18.1 Å². The second kappa shape index (κ2) is 5.99. The van der Waals surface area contributed by atoms with Crippen molar-refractivity contribution in [3.63, 3.8) is 0 Å². The van der Waals surface area contributed by atoms with Gasteiger partial charge in [-0.1, -0.05) is 0 Å². The highest BCUT2D eigenvalue weighted by Crippen LogP contribution is 2.22. The van der Waals surface area contributed by atoms with E-state index in [-0.39, 0.29) is 16.5 Å². The van der Waals surface area contributed by atoms with Crippen LogP contribution >= 0.6 is 0 Å². The molecule has 12 heteroatoms. The number of hydrogen-bond acceptors (Lipinski definition) is 6. The molecular weight excluding hydrogens is 316 g/mol. The maximum absolute atomic E-state index is 12.1. The van der Waals surface area contributed by atoms with Gasteiger partial charge in [-0.15, -0.1) is 4.36 Å². The zero-order valence-electron chi connectivity index (χ0n) is 10.8. The van der Waals surface area contributed by atoms with Crippen LogP contribution in [-0.2, 0) is 14.5 Å². The van der Waals surface area contributed by atoms with Crippen molar-refractivity contribution in [2.75, 3.05) is 6.26 Å². The number of amides is 1. The number of carbonyl (C=O) groups excluding carboxylic acids is 1. The van der Waals surface area contributed by atoms with Crippen molar-refractivity contribution in [3.8, 4) is 5.75 Å². The van der Waals surface area contributed by atoms with E-state index in [9.17, 15) is 22.2 Å². The second-order valence-electron chi connectivity index (χ2n) is 3.87. The molecule has 1 aromatic rings. The third-order valence-electron chi connectivity index (χ3n) is 2.13. The average molecular weight is 326 g/mol. The smallest absolute Gasteiger partial charge is 0.510 e. The molecule has 0 aliphatic carbocycles. The Labute approximate surface area is 118 Å². The Bertz CT molecular complexity index is 670. The molecule has 0 saturated carbocycles. The van der Waals surface area contributed by atoms with Crippen LogP contribution in [0.25, 0.3) is 0 Å². The molecule has 7 nitrogen and oxygen atoms in total. The number of alkyl halides is 3. The number of aryl methyl sites for hydroxylation is 1. The largest absolute Gasteiger partial charge is 0.707 e. The molecule has 0 saturated heterocycles. The number of rotatable bonds is 3. The van der Waals surface area contributed by atoms with Crippen LogP contribution in [-0.4, -0.2) is 44.9 Å². The first kappa shape index (κ1) is 17.4. The van der Waals surface area contributed by atoms with Gasteiger partial charge in [0.1, 0.15) is 10.8 Å². The average Bonchev–Trinajstić information content (AvgIpc) is 2.29. The first-order valence-corrected chi connectivity index (χ1v) is 7.19. The lowest BCUT2D eigenvalue weighted by atomic mass is 10.2. The molecule has 0 aromatic carbocycles. The Hall–Kier alpha value is -1.66. The van der Waals surface area contributed by atoms with Crippen LogP contribution in [0.3, 0.4) is 0 Å². The standard InChI is InChI=1S/C9H10BF3N2O5S/c1-5-6(20-10(17)18)3-4-7(14-5)21(2,19)15-8(16)9(11,12)13/h3-4,17-18H,1-2H3. The molecule has 2 N–H and O–H groups in total. The van der Waals surface area contributed by atoms with Crippen LogP contribution < -0.4 is 4.65 Å². The molecule has 0 radical (unpaired) electrons. The molecule has 0 spiro atoms. The number of pyridine rings is 1. The molecule has 1 unspecified atom stereocenters. The summed E-state index contributed by atoms with van der Waals surface area (Å²) in [6.45, 7) is 1.34. The van der Waals surface area contributed by atoms with Gasteiger partial charge in [0.25, 0.3) is 0 Å². The van der Waals surface area contributed by atoms with Gasteiger partial charge in [-0.2, -0.15) is 13.2 Å². The zero-order valence-corrected chi connectivity index (χ0v) is 11.6. The van der Waals surface area contributed by atoms with Crippen molar-refractivity contribution in [1.82, 2.24) is 4.98 Å². The minimum Gasteiger partial charge on any atom is -0.510 e. The predicted octanol–water partition coefficient (Wildman–Crippen LogP) is 0.284. The summed E-state index contributed by atoms with van der Waals surface area (Å²) in [5.41, 5.74) is 0.0323. The van der Waals surface area contributed by atoms with E-state index < -0.39 is 29.1 Å². The van der Waals surface area contributed by atoms with Gasteiger partial charge in [-0.3, -0.25) is 4.79 Å². The third kappa shape index (κ3) is 4.68. The third-order valence-corrected chi connectivity index (χ3v) is 3.65. The Morgan fingerprint density at radius 1 is 1.43 bits per heavy atom. The summed E-state index contributed by atoms with van der Waals surface area (Å²) < 4.78 is 55.6. The van der Waals surface area contributed by atoms with Gasteiger partial charge in [0.2, 0.25) is 0 Å². The molecule has 1 heterocycles. The van der Waals surface area contributed by atoms with E-state index in [1.165, 1.54) is 6.92 Å². The molecular formula is C9H10BF3N2O5S. The predicted molar refractivity (Wildman–Crippen MR) is 65.6 cm³/mol. The summed E-state index contributed by atoms with van der Waals surface area (Å²) >= 11 is 0. The van der Waals surface area contributed by atoms with E-state index in [0.29, 0.717) is 0 Å². The molecule has 21 heavy (non-hydrogen) atoms. The molecule has 1 amide bonds. The second-order valence-corrected chi connectivity index (χ2v) is 6.08. The summed E-state index contributed by atoms with van der Waals surface area (Å²) in [7, 11) is -5.81. The maximum Gasteiger partial charge on any atom is 0.707 e. The molecule has 1 aromatic heterocycles. The summed E-state index contributed by atoms with van der Waals surface area (Å²) in [5, 5.41) is 16.9. The lowest BCUT2D eigenvalue weighted by molar-refractivity contribution is -0.169. The lowest BCUT2D eigenvalue weighted by Crippen LogP contribution is -2.22. The summed E-state index contributed by atoms with van der Waals surface area (Å²) in [5.74, 6) is -2.55. The Morgan fingerprint density at radius 3 is 2.43 bits per heavy atom. The van der Waals surface area contributed by atoms with Crippen LogP contribution in [0, 0.1) is 6.92 Å². The molecule has 0 aliphatic heterocycles. The fourth-order valence-electron chi connectivity index (χ4n) is 1.23. The van der Waals surface area contributed by atoms with Crippen molar-refractivity contribution in [3.05, 3.63) is 17.8 Å². The van der Waals surface area contributed by atoms with E-state index in [0.717, 1.165) is 18.4 Å². The fourth-order valence-corrected chi connectivity index (χ4v) is 2.37. The van der Waals surface area contributed by atoms with Gasteiger partial charge in [-0.25, -0.2) is 9.19 Å². The topological polar surface area (TPSA) is 109 Å². The first-order chi connectivity index (χ1) is 9.43. The monoisotopic (exact) mass is 326 g/mol. The minimum absolute atomic E-state index is 0.0323. The van der Waals surface area contributed by atoms with Gasteiger partial charge < -0.3 is 14.7 Å². The number of halogens is 3. The SMILES string of the molecule is Cc1nc(S(C)(=O)=NC(=O)C(F)(F)F)ccc1OB(O)O. The van der Waals surface area contributed by atoms with Gasteiger partial charge in [-0.05, 0) is 19.1 Å². The number of hydrogen-bond donors (Lipinski definition) is 2. The Balaban J connectivity index is 3.22. The van der Waals surface area contributed by atoms with Gasteiger partial charge in [0.15, 0.2) is 0 Å². The molecule has 116 valence electrons. The quantitative estimate of drug-likeness (QED) is 0.773. The van der Waals surface area contributed by atoms with Crippen LogP contribution in [0.15, 0.2) is 21.5 Å². The van der Waals surface area contributed by atoms with Gasteiger partial charge in [0, 0.05) is 6.26 Å². The Morgan fingerprint density at radius 2 is 2.00 bits per heavy atom. The van der Waals surface area contributed by atoms with Crippen LogP contribution in [0.1, 0.15) is 5.69 Å². The zero-order chi connectivity index (χ0) is 16.4.